The summed E-state index contributed by atoms with van der Waals surface area (Å²) >= 11 is 8.19. The second-order valence-corrected chi connectivity index (χ2v) is 8.20. The van der Waals surface area contributed by atoms with Gasteiger partial charge >= 0.3 is 5.97 Å². The summed E-state index contributed by atoms with van der Waals surface area (Å²) in [6.45, 7) is 0.418. The van der Waals surface area contributed by atoms with Crippen LogP contribution in [0.1, 0.15) is 24.8 Å². The van der Waals surface area contributed by atoms with Gasteiger partial charge < -0.3 is 32.5 Å². The van der Waals surface area contributed by atoms with Crippen LogP contribution in [0.15, 0.2) is 30.3 Å². The van der Waals surface area contributed by atoms with E-state index < -0.39 is 47.9 Å². The molecule has 10 nitrogen and oxygen atoms in total. The maximum Gasteiger partial charge on any atom is 0.326 e. The summed E-state index contributed by atoms with van der Waals surface area (Å²) in [5, 5.41) is 16.7. The van der Waals surface area contributed by atoms with Crippen LogP contribution in [0.25, 0.3) is 0 Å². The molecule has 1 rings (SSSR count). The molecular formula is C21H33N5O5S2. The Morgan fingerprint density at radius 1 is 0.848 bits per heavy atom. The molecule has 12 heteroatoms. The van der Waals surface area contributed by atoms with Gasteiger partial charge in [0.2, 0.25) is 17.7 Å². The topological polar surface area (TPSA) is 177 Å². The number of unbranched alkanes of at least 4 members (excludes halogenated alkanes) is 1. The van der Waals surface area contributed by atoms with Crippen LogP contribution in [0.2, 0.25) is 0 Å². The van der Waals surface area contributed by atoms with Crippen molar-refractivity contribution in [3.8, 4) is 0 Å². The molecule has 0 saturated carbocycles. The second-order valence-electron chi connectivity index (χ2n) is 7.47. The summed E-state index contributed by atoms with van der Waals surface area (Å²) in [7, 11) is 0. The number of rotatable bonds is 15. The van der Waals surface area contributed by atoms with Gasteiger partial charge in [0.05, 0.1) is 6.04 Å². The van der Waals surface area contributed by atoms with Gasteiger partial charge in [-0.1, -0.05) is 30.3 Å². The number of amides is 3. The molecule has 4 atom stereocenters. The highest BCUT2D eigenvalue weighted by Crippen LogP contribution is 2.04. The van der Waals surface area contributed by atoms with E-state index in [-0.39, 0.29) is 24.3 Å². The average molecular weight is 500 g/mol. The largest absolute Gasteiger partial charge is 0.480 e. The summed E-state index contributed by atoms with van der Waals surface area (Å²) in [6, 6.07) is 5.06. The summed E-state index contributed by atoms with van der Waals surface area (Å²) in [6.07, 6.45) is 1.65. The van der Waals surface area contributed by atoms with Crippen LogP contribution < -0.4 is 27.4 Å². The minimum absolute atomic E-state index is 0.0343. The fraction of sp³-hybridized carbons (Fsp3) is 0.524. The summed E-state index contributed by atoms with van der Waals surface area (Å²) in [4.78, 5) is 49.0. The van der Waals surface area contributed by atoms with E-state index in [9.17, 15) is 24.3 Å². The highest BCUT2D eigenvalue weighted by molar-refractivity contribution is 7.80. The zero-order valence-corrected chi connectivity index (χ0v) is 20.1. The molecule has 0 aliphatic carbocycles. The van der Waals surface area contributed by atoms with Crippen LogP contribution in [-0.4, -0.2) is 71.0 Å². The summed E-state index contributed by atoms with van der Waals surface area (Å²) in [5.74, 6) is -3.18. The zero-order valence-electron chi connectivity index (χ0n) is 18.3. The number of nitrogens with two attached hydrogens (primary N) is 2. The third kappa shape index (κ3) is 10.5. The lowest BCUT2D eigenvalue weighted by atomic mass is 10.1. The van der Waals surface area contributed by atoms with E-state index in [4.69, 9.17) is 11.5 Å². The molecule has 0 aromatic heterocycles. The molecule has 184 valence electrons. The first-order valence-electron chi connectivity index (χ1n) is 10.6. The van der Waals surface area contributed by atoms with Crippen LogP contribution in [0.3, 0.4) is 0 Å². The molecule has 0 saturated heterocycles. The van der Waals surface area contributed by atoms with Crippen molar-refractivity contribution in [1.82, 2.24) is 16.0 Å². The number of benzene rings is 1. The first-order valence-corrected chi connectivity index (χ1v) is 11.8. The molecule has 33 heavy (non-hydrogen) atoms. The van der Waals surface area contributed by atoms with Crippen molar-refractivity contribution in [3.05, 3.63) is 35.9 Å². The normalized spacial score (nSPS) is 14.4. The van der Waals surface area contributed by atoms with Gasteiger partial charge in [0.1, 0.15) is 18.1 Å². The van der Waals surface area contributed by atoms with Crippen molar-refractivity contribution in [2.24, 2.45) is 11.5 Å². The van der Waals surface area contributed by atoms with Crippen LogP contribution in [-0.2, 0) is 25.6 Å². The molecule has 0 spiro atoms. The quantitative estimate of drug-likeness (QED) is 0.114. The molecule has 3 amide bonds. The van der Waals surface area contributed by atoms with E-state index in [0.717, 1.165) is 5.56 Å². The predicted octanol–water partition coefficient (Wildman–Crippen LogP) is -0.916. The van der Waals surface area contributed by atoms with Crippen molar-refractivity contribution in [3.63, 3.8) is 0 Å². The molecule has 1 aromatic rings. The Hall–Kier alpha value is -2.28. The summed E-state index contributed by atoms with van der Waals surface area (Å²) < 4.78 is 0. The van der Waals surface area contributed by atoms with Gasteiger partial charge in [-0.15, -0.1) is 0 Å². The monoisotopic (exact) mass is 499 g/mol. The molecule has 0 heterocycles. The van der Waals surface area contributed by atoms with Crippen LogP contribution in [0.4, 0.5) is 0 Å². The van der Waals surface area contributed by atoms with Crippen molar-refractivity contribution >= 4 is 48.9 Å². The zero-order chi connectivity index (χ0) is 24.8. The van der Waals surface area contributed by atoms with Crippen molar-refractivity contribution in [2.75, 3.05) is 18.1 Å². The number of hydrogen-bond donors (Lipinski definition) is 8. The van der Waals surface area contributed by atoms with Gasteiger partial charge in [-0.2, -0.15) is 25.3 Å². The van der Waals surface area contributed by atoms with Gasteiger partial charge in [0, 0.05) is 11.5 Å². The van der Waals surface area contributed by atoms with Gasteiger partial charge in [-0.25, -0.2) is 4.79 Å². The average Bonchev–Trinajstić information content (AvgIpc) is 2.80. The molecule has 0 aliphatic heterocycles. The fourth-order valence-corrected chi connectivity index (χ4v) is 3.44. The maximum atomic E-state index is 12.6. The summed E-state index contributed by atoms with van der Waals surface area (Å²) in [5.41, 5.74) is 12.2. The Kier molecular flexibility index (Phi) is 13.5. The van der Waals surface area contributed by atoms with E-state index in [0.29, 0.717) is 19.4 Å². The highest BCUT2D eigenvalue weighted by atomic mass is 32.1. The predicted molar refractivity (Wildman–Crippen MR) is 132 cm³/mol. The van der Waals surface area contributed by atoms with Crippen LogP contribution >= 0.6 is 25.3 Å². The van der Waals surface area contributed by atoms with Crippen LogP contribution in [0.5, 0.6) is 0 Å². The smallest absolute Gasteiger partial charge is 0.326 e. The Balaban J connectivity index is 2.67. The minimum Gasteiger partial charge on any atom is -0.480 e. The van der Waals surface area contributed by atoms with Gasteiger partial charge in [-0.3, -0.25) is 14.4 Å². The molecule has 0 fully saturated rings. The number of thiol groups is 2. The lowest BCUT2D eigenvalue weighted by Crippen LogP contribution is -2.58. The molecule has 4 unspecified atom stereocenters. The van der Waals surface area contributed by atoms with Crippen molar-refractivity contribution in [2.45, 2.75) is 49.9 Å². The standard InChI is InChI=1S/C21H33N5O5S2/c22-9-5-4-8-15(21(30)31)24-19(28)17(12-33)26-20(29)16(11-32)25-18(27)14(23)10-13-6-2-1-3-7-13/h1-3,6-7,14-17,32-33H,4-5,8-12,22-23H2,(H,24,28)(H,25,27)(H,26,29)(H,30,31). The molecule has 8 N–H and O–H groups in total. The van der Waals surface area contributed by atoms with Gasteiger partial charge in [-0.05, 0) is 37.8 Å². The third-order valence-corrected chi connectivity index (χ3v) is 5.56. The van der Waals surface area contributed by atoms with E-state index in [1.807, 2.05) is 30.3 Å². The number of aliphatic carboxylic acids is 1. The van der Waals surface area contributed by atoms with Crippen LogP contribution in [0, 0.1) is 0 Å². The maximum absolute atomic E-state index is 12.6. The van der Waals surface area contributed by atoms with Crippen molar-refractivity contribution < 1.29 is 24.3 Å². The fourth-order valence-electron chi connectivity index (χ4n) is 2.92. The number of carboxylic acid groups (broad SMARTS) is 1. The van der Waals surface area contributed by atoms with Gasteiger partial charge in [0.25, 0.3) is 0 Å². The Morgan fingerprint density at radius 3 is 1.85 bits per heavy atom. The number of carbonyl (C=O) groups is 4. The second kappa shape index (κ2) is 15.5. The first-order chi connectivity index (χ1) is 15.7. The third-order valence-electron chi connectivity index (χ3n) is 4.83. The van der Waals surface area contributed by atoms with E-state index in [2.05, 4.69) is 41.2 Å². The lowest BCUT2D eigenvalue weighted by Gasteiger charge is -2.23. The number of nitrogens with one attached hydrogen (secondary N) is 3. The van der Waals surface area contributed by atoms with Gasteiger partial charge in [0.15, 0.2) is 0 Å². The van der Waals surface area contributed by atoms with E-state index in [1.165, 1.54) is 0 Å². The molecule has 0 radical (unpaired) electrons. The number of hydrogen-bond acceptors (Lipinski definition) is 8. The lowest BCUT2D eigenvalue weighted by molar-refractivity contribution is -0.142. The molecule has 0 aliphatic rings. The highest BCUT2D eigenvalue weighted by Gasteiger charge is 2.29. The van der Waals surface area contributed by atoms with E-state index >= 15 is 0 Å². The SMILES string of the molecule is NCCCCC(NC(=O)C(CS)NC(=O)C(CS)NC(=O)C(N)Cc1ccccc1)C(=O)O. The Labute approximate surface area is 204 Å². The number of carbonyl (C=O) groups excluding carboxylic acids is 3. The van der Waals surface area contributed by atoms with E-state index in [1.54, 1.807) is 0 Å². The molecule has 0 bridgehead atoms. The number of carboxylic acids is 1. The minimum atomic E-state index is -1.18. The van der Waals surface area contributed by atoms with Crippen molar-refractivity contribution in [1.29, 1.82) is 0 Å². The molecule has 1 aromatic carbocycles. The Morgan fingerprint density at radius 2 is 1.36 bits per heavy atom. The molecular weight excluding hydrogens is 466 g/mol. The first kappa shape index (κ1) is 28.8. The Bertz CT molecular complexity index is 784.